The number of halogens is 1. The molecule has 1 saturated heterocycles. The van der Waals surface area contributed by atoms with Crippen LogP contribution in [0.4, 0.5) is 4.39 Å². The number of aromatic nitrogens is 2. The molecule has 0 radical (unpaired) electrons. The van der Waals surface area contributed by atoms with Crippen LogP contribution in [0.3, 0.4) is 0 Å². The number of amides is 1. The highest BCUT2D eigenvalue weighted by Crippen LogP contribution is 2.18. The number of piperidine rings is 1. The highest BCUT2D eigenvalue weighted by molar-refractivity contribution is 5.77. The van der Waals surface area contributed by atoms with Crippen LogP contribution in [0.25, 0.3) is 11.3 Å². The number of carbonyl (C=O) groups is 1. The third-order valence-electron chi connectivity index (χ3n) is 3.83. The Labute approximate surface area is 134 Å². The van der Waals surface area contributed by atoms with E-state index in [1.54, 1.807) is 24.3 Å². The van der Waals surface area contributed by atoms with Gasteiger partial charge in [0.25, 0.3) is 5.91 Å². The molecule has 2 heterocycles. The molecule has 5 nitrogen and oxygen atoms in total. The van der Waals surface area contributed by atoms with Gasteiger partial charge in [-0.2, -0.15) is 0 Å². The van der Waals surface area contributed by atoms with Crippen LogP contribution in [-0.4, -0.2) is 40.7 Å². The summed E-state index contributed by atoms with van der Waals surface area (Å²) >= 11 is 0. The fourth-order valence-corrected chi connectivity index (χ4v) is 2.54. The molecule has 0 aliphatic carbocycles. The van der Waals surface area contributed by atoms with Gasteiger partial charge in [0.05, 0.1) is 5.69 Å². The van der Waals surface area contributed by atoms with E-state index in [4.69, 9.17) is 4.74 Å². The molecule has 1 amide bonds. The lowest BCUT2D eigenvalue weighted by atomic mass is 10.1. The summed E-state index contributed by atoms with van der Waals surface area (Å²) in [5.41, 5.74) is 1.40. The molecule has 1 aromatic heterocycles. The second-order valence-electron chi connectivity index (χ2n) is 5.49. The Morgan fingerprint density at radius 1 is 1.04 bits per heavy atom. The van der Waals surface area contributed by atoms with Crippen molar-refractivity contribution in [3.8, 4) is 17.1 Å². The van der Waals surface area contributed by atoms with Crippen LogP contribution < -0.4 is 4.74 Å². The third-order valence-corrected chi connectivity index (χ3v) is 3.83. The molecule has 0 bridgehead atoms. The summed E-state index contributed by atoms with van der Waals surface area (Å²) in [5, 5.41) is 8.00. The average molecular weight is 315 g/mol. The predicted octanol–water partition coefficient (Wildman–Crippen LogP) is 2.67. The van der Waals surface area contributed by atoms with Gasteiger partial charge in [-0.1, -0.05) is 0 Å². The number of hydrogen-bond donors (Lipinski definition) is 0. The molecule has 1 aromatic carbocycles. The van der Waals surface area contributed by atoms with Crippen molar-refractivity contribution in [2.45, 2.75) is 19.3 Å². The van der Waals surface area contributed by atoms with Crippen molar-refractivity contribution >= 4 is 5.91 Å². The topological polar surface area (TPSA) is 55.3 Å². The molecule has 1 aliphatic heterocycles. The van der Waals surface area contributed by atoms with Gasteiger partial charge < -0.3 is 9.64 Å². The smallest absolute Gasteiger partial charge is 0.260 e. The molecule has 0 saturated carbocycles. The highest BCUT2D eigenvalue weighted by Gasteiger charge is 2.17. The lowest BCUT2D eigenvalue weighted by molar-refractivity contribution is -0.134. The minimum absolute atomic E-state index is 0.0193. The zero-order chi connectivity index (χ0) is 16.1. The molecular weight excluding hydrogens is 297 g/mol. The predicted molar refractivity (Wildman–Crippen MR) is 83.4 cm³/mol. The van der Waals surface area contributed by atoms with Crippen molar-refractivity contribution in [3.63, 3.8) is 0 Å². The van der Waals surface area contributed by atoms with Gasteiger partial charge in [-0.3, -0.25) is 4.79 Å². The molecule has 3 rings (SSSR count). The molecule has 0 N–H and O–H groups in total. The Morgan fingerprint density at radius 2 is 1.78 bits per heavy atom. The zero-order valence-electron chi connectivity index (χ0n) is 12.7. The van der Waals surface area contributed by atoms with Gasteiger partial charge in [0.2, 0.25) is 5.88 Å². The number of benzene rings is 1. The van der Waals surface area contributed by atoms with Gasteiger partial charge in [-0.25, -0.2) is 4.39 Å². The van der Waals surface area contributed by atoms with Crippen LogP contribution in [0, 0.1) is 5.82 Å². The molecule has 2 aromatic rings. The first kappa shape index (κ1) is 15.4. The Balaban J connectivity index is 1.57. The second-order valence-corrected chi connectivity index (χ2v) is 5.49. The van der Waals surface area contributed by atoms with Crippen LogP contribution in [0.15, 0.2) is 36.4 Å². The van der Waals surface area contributed by atoms with Crippen molar-refractivity contribution in [1.82, 2.24) is 15.1 Å². The van der Waals surface area contributed by atoms with E-state index in [0.29, 0.717) is 11.6 Å². The summed E-state index contributed by atoms with van der Waals surface area (Å²) in [7, 11) is 0. The molecule has 0 atom stereocenters. The summed E-state index contributed by atoms with van der Waals surface area (Å²) in [4.78, 5) is 13.8. The average Bonchev–Trinajstić information content (AvgIpc) is 2.61. The van der Waals surface area contributed by atoms with E-state index in [-0.39, 0.29) is 18.3 Å². The number of nitrogens with zero attached hydrogens (tertiary/aromatic N) is 3. The van der Waals surface area contributed by atoms with E-state index in [1.807, 2.05) is 4.90 Å². The fourth-order valence-electron chi connectivity index (χ4n) is 2.54. The number of hydrogen-bond acceptors (Lipinski definition) is 4. The highest BCUT2D eigenvalue weighted by atomic mass is 19.1. The first-order valence-corrected chi connectivity index (χ1v) is 7.72. The number of likely N-dealkylation sites (tertiary alicyclic amines) is 1. The van der Waals surface area contributed by atoms with Crippen LogP contribution in [0.2, 0.25) is 0 Å². The van der Waals surface area contributed by atoms with E-state index >= 15 is 0 Å². The zero-order valence-corrected chi connectivity index (χ0v) is 12.7. The van der Waals surface area contributed by atoms with Crippen LogP contribution >= 0.6 is 0 Å². The lowest BCUT2D eigenvalue weighted by Crippen LogP contribution is -2.38. The van der Waals surface area contributed by atoms with E-state index < -0.39 is 0 Å². The monoisotopic (exact) mass is 315 g/mol. The van der Waals surface area contributed by atoms with Crippen molar-refractivity contribution in [1.29, 1.82) is 0 Å². The Kier molecular flexibility index (Phi) is 4.80. The van der Waals surface area contributed by atoms with Crippen LogP contribution in [-0.2, 0) is 4.79 Å². The van der Waals surface area contributed by atoms with Gasteiger partial charge in [-0.05, 0) is 49.6 Å². The molecule has 1 aliphatic rings. The van der Waals surface area contributed by atoms with Gasteiger partial charge >= 0.3 is 0 Å². The van der Waals surface area contributed by atoms with Crippen LogP contribution in [0.1, 0.15) is 19.3 Å². The van der Waals surface area contributed by atoms with Crippen LogP contribution in [0.5, 0.6) is 5.88 Å². The number of carbonyl (C=O) groups excluding carboxylic acids is 1. The molecule has 1 fully saturated rings. The van der Waals surface area contributed by atoms with Crippen molar-refractivity contribution in [2.75, 3.05) is 19.7 Å². The van der Waals surface area contributed by atoms with E-state index in [2.05, 4.69) is 10.2 Å². The normalized spacial score (nSPS) is 14.6. The maximum atomic E-state index is 12.9. The maximum Gasteiger partial charge on any atom is 0.260 e. The molecule has 120 valence electrons. The summed E-state index contributed by atoms with van der Waals surface area (Å²) < 4.78 is 18.3. The Hall–Kier alpha value is -2.50. The summed E-state index contributed by atoms with van der Waals surface area (Å²) in [6.45, 7) is 1.58. The molecule has 0 unspecified atom stereocenters. The standard InChI is InChI=1S/C17H18FN3O2/c18-14-6-4-13(5-7-14)15-8-9-16(20-19-15)23-12-17(22)21-10-2-1-3-11-21/h4-9H,1-3,10-12H2. The summed E-state index contributed by atoms with van der Waals surface area (Å²) in [6, 6.07) is 9.42. The third kappa shape index (κ3) is 4.03. The van der Waals surface area contributed by atoms with Crippen molar-refractivity contribution in [3.05, 3.63) is 42.2 Å². The van der Waals surface area contributed by atoms with Gasteiger partial charge in [-0.15, -0.1) is 10.2 Å². The molecule has 6 heteroatoms. The van der Waals surface area contributed by atoms with E-state index in [9.17, 15) is 9.18 Å². The second kappa shape index (κ2) is 7.17. The van der Waals surface area contributed by atoms with Crippen molar-refractivity contribution < 1.29 is 13.9 Å². The van der Waals surface area contributed by atoms with E-state index in [1.165, 1.54) is 18.6 Å². The Morgan fingerprint density at radius 3 is 2.43 bits per heavy atom. The number of ether oxygens (including phenoxy) is 1. The van der Waals surface area contributed by atoms with Gasteiger partial charge in [0, 0.05) is 24.7 Å². The minimum atomic E-state index is -0.294. The summed E-state index contributed by atoms with van der Waals surface area (Å²) in [6.07, 6.45) is 3.29. The number of rotatable bonds is 4. The molecular formula is C17H18FN3O2. The maximum absolute atomic E-state index is 12.9. The van der Waals surface area contributed by atoms with Crippen molar-refractivity contribution in [2.24, 2.45) is 0 Å². The molecule has 0 spiro atoms. The van der Waals surface area contributed by atoms with Gasteiger partial charge in [0.1, 0.15) is 5.82 Å². The SMILES string of the molecule is O=C(COc1ccc(-c2ccc(F)cc2)nn1)N1CCCCC1. The first-order chi connectivity index (χ1) is 11.2. The minimum Gasteiger partial charge on any atom is -0.466 e. The lowest BCUT2D eigenvalue weighted by Gasteiger charge is -2.26. The summed E-state index contributed by atoms with van der Waals surface area (Å²) in [5.74, 6) is -0.00628. The molecule has 23 heavy (non-hydrogen) atoms. The quantitative estimate of drug-likeness (QED) is 0.870. The largest absolute Gasteiger partial charge is 0.466 e. The first-order valence-electron chi connectivity index (χ1n) is 7.72. The fraction of sp³-hybridized carbons (Fsp3) is 0.353. The van der Waals surface area contributed by atoms with E-state index in [0.717, 1.165) is 31.5 Å². The van der Waals surface area contributed by atoms with Gasteiger partial charge in [0.15, 0.2) is 6.61 Å². The Bertz CT molecular complexity index is 653.